The van der Waals surface area contributed by atoms with Gasteiger partial charge in [-0.25, -0.2) is 0 Å². The van der Waals surface area contributed by atoms with Crippen molar-refractivity contribution >= 4 is 23.3 Å². The minimum absolute atomic E-state index is 0.0655. The normalized spacial score (nSPS) is 17.6. The molecule has 0 saturated carbocycles. The summed E-state index contributed by atoms with van der Waals surface area (Å²) in [6, 6.07) is 14.2. The van der Waals surface area contributed by atoms with Crippen LogP contribution in [0.2, 0.25) is 0 Å². The largest absolute Gasteiger partial charge is 0.507 e. The number of aliphatic hydroxyl groups excluding tert-OH is 1. The smallest absolute Gasteiger partial charge is 0.301 e. The topological polar surface area (TPSA) is 102 Å². The third kappa shape index (κ3) is 3.60. The molecule has 1 N–H and O–H groups in total. The van der Waals surface area contributed by atoms with Crippen molar-refractivity contribution in [1.82, 2.24) is 5.16 Å². The van der Waals surface area contributed by atoms with E-state index in [0.29, 0.717) is 35.0 Å². The number of methoxy groups -OCH3 is 1. The van der Waals surface area contributed by atoms with E-state index in [2.05, 4.69) is 5.16 Å². The third-order valence-corrected chi connectivity index (χ3v) is 5.18. The van der Waals surface area contributed by atoms with Gasteiger partial charge >= 0.3 is 5.91 Å². The molecular formula is C24H22N2O6. The number of aromatic nitrogens is 1. The number of para-hydroxylation sites is 1. The predicted molar refractivity (Wildman–Crippen MR) is 117 cm³/mol. The number of hydrogen-bond donors (Lipinski definition) is 1. The van der Waals surface area contributed by atoms with Crippen molar-refractivity contribution in [2.45, 2.75) is 19.9 Å². The second kappa shape index (κ2) is 8.58. The molecule has 0 aliphatic carbocycles. The Bertz CT molecular complexity index is 1200. The van der Waals surface area contributed by atoms with Crippen molar-refractivity contribution in [3.8, 4) is 11.5 Å². The lowest BCUT2D eigenvalue weighted by Gasteiger charge is -2.24. The van der Waals surface area contributed by atoms with E-state index in [1.54, 1.807) is 61.5 Å². The minimum atomic E-state index is -0.956. The highest BCUT2D eigenvalue weighted by Gasteiger charge is 2.49. The summed E-state index contributed by atoms with van der Waals surface area (Å²) in [5.41, 5.74) is 0.842. The lowest BCUT2D eigenvalue weighted by molar-refractivity contribution is -0.132. The molecule has 0 spiro atoms. The van der Waals surface area contributed by atoms with Gasteiger partial charge in [-0.05, 0) is 44.2 Å². The van der Waals surface area contributed by atoms with E-state index < -0.39 is 17.7 Å². The van der Waals surface area contributed by atoms with Crippen LogP contribution in [0.4, 0.5) is 5.82 Å². The van der Waals surface area contributed by atoms with Crippen LogP contribution in [0.1, 0.15) is 29.9 Å². The maximum Gasteiger partial charge on any atom is 0.301 e. The van der Waals surface area contributed by atoms with E-state index in [1.165, 1.54) is 12.0 Å². The fourth-order valence-corrected chi connectivity index (χ4v) is 3.75. The molecule has 2 aromatic carbocycles. The van der Waals surface area contributed by atoms with Crippen LogP contribution in [-0.2, 0) is 9.59 Å². The molecule has 2 heterocycles. The van der Waals surface area contributed by atoms with Gasteiger partial charge in [0.05, 0.1) is 19.3 Å². The van der Waals surface area contributed by atoms with Gasteiger partial charge in [-0.2, -0.15) is 0 Å². The number of carbonyl (C=O) groups excluding carboxylic acids is 2. The third-order valence-electron chi connectivity index (χ3n) is 5.18. The van der Waals surface area contributed by atoms with Gasteiger partial charge in [0.25, 0.3) is 5.78 Å². The molecule has 1 amide bonds. The number of rotatable bonds is 6. The second-order valence-electron chi connectivity index (χ2n) is 7.16. The molecule has 3 aromatic rings. The first kappa shape index (κ1) is 21.2. The summed E-state index contributed by atoms with van der Waals surface area (Å²) < 4.78 is 16.1. The quantitative estimate of drug-likeness (QED) is 0.355. The first-order valence-electron chi connectivity index (χ1n) is 10.1. The fourth-order valence-electron chi connectivity index (χ4n) is 3.75. The van der Waals surface area contributed by atoms with Crippen LogP contribution in [-0.4, -0.2) is 35.7 Å². The van der Waals surface area contributed by atoms with Crippen LogP contribution < -0.4 is 14.4 Å². The monoisotopic (exact) mass is 434 g/mol. The minimum Gasteiger partial charge on any atom is -0.507 e. The Kier molecular flexibility index (Phi) is 5.68. The molecule has 8 heteroatoms. The highest BCUT2D eigenvalue weighted by atomic mass is 16.5. The van der Waals surface area contributed by atoms with Crippen LogP contribution in [0.3, 0.4) is 0 Å². The summed E-state index contributed by atoms with van der Waals surface area (Å²) >= 11 is 0. The lowest BCUT2D eigenvalue weighted by Crippen LogP contribution is -2.29. The van der Waals surface area contributed by atoms with E-state index in [1.807, 2.05) is 6.92 Å². The number of amides is 1. The molecular weight excluding hydrogens is 412 g/mol. The summed E-state index contributed by atoms with van der Waals surface area (Å²) in [7, 11) is 1.50. The molecule has 8 nitrogen and oxygen atoms in total. The van der Waals surface area contributed by atoms with Gasteiger partial charge in [0, 0.05) is 17.2 Å². The fraction of sp³-hybridized carbons (Fsp3) is 0.208. The summed E-state index contributed by atoms with van der Waals surface area (Å²) in [5, 5.41) is 15.1. The van der Waals surface area contributed by atoms with Gasteiger partial charge in [-0.15, -0.1) is 0 Å². The van der Waals surface area contributed by atoms with Crippen molar-refractivity contribution in [2.24, 2.45) is 0 Å². The van der Waals surface area contributed by atoms with Crippen LogP contribution in [0.5, 0.6) is 11.5 Å². The molecule has 0 radical (unpaired) electrons. The Hall–Kier alpha value is -4.07. The van der Waals surface area contributed by atoms with Crippen molar-refractivity contribution in [3.63, 3.8) is 0 Å². The van der Waals surface area contributed by atoms with Gasteiger partial charge in [-0.3, -0.25) is 14.5 Å². The molecule has 32 heavy (non-hydrogen) atoms. The van der Waals surface area contributed by atoms with Crippen LogP contribution in [0.25, 0.3) is 5.76 Å². The van der Waals surface area contributed by atoms with E-state index >= 15 is 0 Å². The van der Waals surface area contributed by atoms with Gasteiger partial charge in [0.15, 0.2) is 5.82 Å². The molecule has 164 valence electrons. The SMILES string of the molecule is CCOc1ccc(C(O)=C2C(=O)C(=O)N(c3cc(C)on3)C2c2ccccc2OC)cc1. The first-order chi connectivity index (χ1) is 15.5. The zero-order chi connectivity index (χ0) is 22.8. The predicted octanol–water partition coefficient (Wildman–Crippen LogP) is 4.02. The molecule has 1 atom stereocenters. The number of aliphatic hydroxyl groups is 1. The Morgan fingerprint density at radius 3 is 2.50 bits per heavy atom. The van der Waals surface area contributed by atoms with Crippen LogP contribution in [0.15, 0.2) is 64.7 Å². The standard InChI is InChI=1S/C24H22N2O6/c1-4-31-16-11-9-15(10-12-16)22(27)20-21(17-7-5-6-8-18(17)30-3)26(24(29)23(20)28)19-13-14(2)32-25-19/h5-13,21,27H,4H2,1-3H3. The zero-order valence-electron chi connectivity index (χ0n) is 17.9. The number of anilines is 1. The maximum atomic E-state index is 13.1. The summed E-state index contributed by atoms with van der Waals surface area (Å²) in [4.78, 5) is 27.4. The highest BCUT2D eigenvalue weighted by Crippen LogP contribution is 2.44. The second-order valence-corrected chi connectivity index (χ2v) is 7.16. The number of ketones is 1. The van der Waals surface area contributed by atoms with E-state index in [9.17, 15) is 14.7 Å². The molecule has 1 saturated heterocycles. The van der Waals surface area contributed by atoms with Crippen molar-refractivity contribution in [3.05, 3.63) is 77.1 Å². The average molecular weight is 434 g/mol. The Morgan fingerprint density at radius 1 is 1.16 bits per heavy atom. The van der Waals surface area contributed by atoms with E-state index in [4.69, 9.17) is 14.0 Å². The number of nitrogens with zero attached hydrogens (tertiary/aromatic N) is 2. The number of Topliss-reactive ketones (excluding diaryl/α,β-unsaturated/α-hetero) is 1. The summed E-state index contributed by atoms with van der Waals surface area (Å²) in [6.07, 6.45) is 0. The van der Waals surface area contributed by atoms with Gasteiger partial charge in [0.2, 0.25) is 0 Å². The molecule has 0 bridgehead atoms. The molecule has 1 aromatic heterocycles. The summed E-state index contributed by atoms with van der Waals surface area (Å²) in [5.74, 6) is -0.204. The van der Waals surface area contributed by atoms with Gasteiger partial charge in [-0.1, -0.05) is 23.4 Å². The number of ether oxygens (including phenoxy) is 2. The van der Waals surface area contributed by atoms with E-state index in [-0.39, 0.29) is 17.2 Å². The summed E-state index contributed by atoms with van der Waals surface area (Å²) in [6.45, 7) is 4.06. The molecule has 4 rings (SSSR count). The van der Waals surface area contributed by atoms with E-state index in [0.717, 1.165) is 0 Å². The van der Waals surface area contributed by atoms with Gasteiger partial charge < -0.3 is 19.1 Å². The van der Waals surface area contributed by atoms with Gasteiger partial charge in [0.1, 0.15) is 29.1 Å². The molecule has 1 fully saturated rings. The number of carbonyl (C=O) groups is 2. The van der Waals surface area contributed by atoms with Crippen LogP contribution >= 0.6 is 0 Å². The molecule has 1 unspecified atom stereocenters. The van der Waals surface area contributed by atoms with Crippen molar-refractivity contribution < 1.29 is 28.7 Å². The Morgan fingerprint density at radius 2 is 1.88 bits per heavy atom. The Balaban J connectivity index is 1.91. The lowest BCUT2D eigenvalue weighted by atomic mass is 9.94. The Labute approximate surface area is 184 Å². The van der Waals surface area contributed by atoms with Crippen LogP contribution in [0, 0.1) is 6.92 Å². The van der Waals surface area contributed by atoms with Crippen molar-refractivity contribution in [1.29, 1.82) is 0 Å². The molecule has 1 aliphatic heterocycles. The molecule has 1 aliphatic rings. The zero-order valence-corrected chi connectivity index (χ0v) is 17.9. The van der Waals surface area contributed by atoms with Crippen molar-refractivity contribution in [2.75, 3.05) is 18.6 Å². The maximum absolute atomic E-state index is 13.1. The first-order valence-corrected chi connectivity index (χ1v) is 10.1. The number of hydrogen-bond acceptors (Lipinski definition) is 7. The number of benzene rings is 2. The average Bonchev–Trinajstić information content (AvgIpc) is 3.34. The highest BCUT2D eigenvalue weighted by molar-refractivity contribution is 6.51. The number of aryl methyl sites for hydroxylation is 1.